The molecule has 0 radical (unpaired) electrons. The van der Waals surface area contributed by atoms with Gasteiger partial charge in [-0.2, -0.15) is 4.31 Å². The predicted molar refractivity (Wildman–Crippen MR) is 69.7 cm³/mol. The average Bonchev–Trinajstić information content (AvgIpc) is 2.73. The molecule has 0 unspecified atom stereocenters. The third-order valence-corrected chi connectivity index (χ3v) is 5.21. The average molecular weight is 289 g/mol. The SMILES string of the molecule is CCC(CC)N(C)S(=O)(=O)c1cc(C(=O)O)oc1C. The molecule has 0 aliphatic heterocycles. The molecule has 1 aromatic rings. The molecule has 0 aromatic carbocycles. The molecule has 1 heterocycles. The zero-order valence-corrected chi connectivity index (χ0v) is 12.3. The number of carbonyl (C=O) groups is 1. The van der Waals surface area contributed by atoms with E-state index in [1.807, 2.05) is 13.8 Å². The number of rotatable bonds is 6. The van der Waals surface area contributed by atoms with Crippen LogP contribution in [0, 0.1) is 6.92 Å². The lowest BCUT2D eigenvalue weighted by Gasteiger charge is -2.25. The topological polar surface area (TPSA) is 87.8 Å². The van der Waals surface area contributed by atoms with E-state index in [0.717, 1.165) is 6.07 Å². The number of carboxylic acids is 1. The van der Waals surface area contributed by atoms with E-state index in [1.54, 1.807) is 0 Å². The normalized spacial score (nSPS) is 12.3. The summed E-state index contributed by atoms with van der Waals surface area (Å²) in [5.74, 6) is -1.56. The summed E-state index contributed by atoms with van der Waals surface area (Å²) < 4.78 is 31.1. The highest BCUT2D eigenvalue weighted by Crippen LogP contribution is 2.25. The van der Waals surface area contributed by atoms with Crippen LogP contribution in [0.5, 0.6) is 0 Å². The molecular weight excluding hydrogens is 270 g/mol. The number of carboxylic acid groups (broad SMARTS) is 1. The van der Waals surface area contributed by atoms with Gasteiger partial charge < -0.3 is 9.52 Å². The van der Waals surface area contributed by atoms with Gasteiger partial charge in [0.2, 0.25) is 15.8 Å². The maximum atomic E-state index is 12.4. The maximum Gasteiger partial charge on any atom is 0.371 e. The van der Waals surface area contributed by atoms with Crippen LogP contribution in [0.3, 0.4) is 0 Å². The number of furan rings is 1. The molecule has 0 spiro atoms. The van der Waals surface area contributed by atoms with Gasteiger partial charge in [-0.25, -0.2) is 13.2 Å². The van der Waals surface area contributed by atoms with Gasteiger partial charge in [0.25, 0.3) is 0 Å². The molecular formula is C12H19NO5S. The Balaban J connectivity index is 3.23. The summed E-state index contributed by atoms with van der Waals surface area (Å²) in [6.45, 7) is 5.26. The monoisotopic (exact) mass is 289 g/mol. The minimum Gasteiger partial charge on any atom is -0.475 e. The van der Waals surface area contributed by atoms with Crippen molar-refractivity contribution in [1.82, 2.24) is 4.31 Å². The summed E-state index contributed by atoms with van der Waals surface area (Å²) in [5, 5.41) is 8.83. The third kappa shape index (κ3) is 2.98. The molecule has 1 rings (SSSR count). The van der Waals surface area contributed by atoms with Gasteiger partial charge in [0.15, 0.2) is 0 Å². The molecule has 0 aliphatic carbocycles. The molecule has 0 atom stereocenters. The maximum absolute atomic E-state index is 12.4. The fourth-order valence-electron chi connectivity index (χ4n) is 1.98. The van der Waals surface area contributed by atoms with Crippen molar-refractivity contribution in [2.24, 2.45) is 0 Å². The summed E-state index contributed by atoms with van der Waals surface area (Å²) in [6.07, 6.45) is 1.38. The molecule has 0 saturated carbocycles. The molecule has 6 nitrogen and oxygen atoms in total. The number of aryl methyl sites for hydroxylation is 1. The fourth-order valence-corrected chi connectivity index (χ4v) is 3.64. The van der Waals surface area contributed by atoms with Crippen LogP contribution in [0.1, 0.15) is 43.0 Å². The van der Waals surface area contributed by atoms with Crippen LogP contribution in [0.15, 0.2) is 15.4 Å². The molecule has 0 saturated heterocycles. The van der Waals surface area contributed by atoms with E-state index in [1.165, 1.54) is 18.3 Å². The van der Waals surface area contributed by atoms with Crippen LogP contribution in [0.25, 0.3) is 0 Å². The summed E-state index contributed by atoms with van der Waals surface area (Å²) in [5.41, 5.74) is 0. The highest BCUT2D eigenvalue weighted by atomic mass is 32.2. The second kappa shape index (κ2) is 5.75. The Morgan fingerprint density at radius 3 is 2.32 bits per heavy atom. The molecule has 1 aromatic heterocycles. The van der Waals surface area contributed by atoms with Crippen molar-refractivity contribution < 1.29 is 22.7 Å². The lowest BCUT2D eigenvalue weighted by molar-refractivity contribution is 0.0661. The fraction of sp³-hybridized carbons (Fsp3) is 0.583. The highest BCUT2D eigenvalue weighted by molar-refractivity contribution is 7.89. The molecule has 0 amide bonds. The van der Waals surface area contributed by atoms with Crippen molar-refractivity contribution in [1.29, 1.82) is 0 Å². The van der Waals surface area contributed by atoms with Crippen LogP contribution in [0.2, 0.25) is 0 Å². The van der Waals surface area contributed by atoms with Crippen molar-refractivity contribution >= 4 is 16.0 Å². The first-order valence-corrected chi connectivity index (χ1v) is 7.51. The first kappa shape index (κ1) is 15.7. The number of hydrogen-bond acceptors (Lipinski definition) is 4. The van der Waals surface area contributed by atoms with Gasteiger partial charge in [-0.05, 0) is 19.8 Å². The zero-order valence-electron chi connectivity index (χ0n) is 11.5. The second-order valence-corrected chi connectivity index (χ2v) is 6.29. The van der Waals surface area contributed by atoms with Gasteiger partial charge in [0.1, 0.15) is 10.7 Å². The molecule has 0 aliphatic rings. The molecule has 108 valence electrons. The molecule has 19 heavy (non-hydrogen) atoms. The van der Waals surface area contributed by atoms with Crippen molar-refractivity contribution in [3.8, 4) is 0 Å². The Bertz CT molecular complexity index is 557. The van der Waals surface area contributed by atoms with Crippen molar-refractivity contribution in [2.75, 3.05) is 7.05 Å². The van der Waals surface area contributed by atoms with E-state index in [2.05, 4.69) is 0 Å². The Morgan fingerprint density at radius 2 is 1.95 bits per heavy atom. The van der Waals surface area contributed by atoms with E-state index < -0.39 is 16.0 Å². The number of nitrogens with zero attached hydrogens (tertiary/aromatic N) is 1. The summed E-state index contributed by atoms with van der Waals surface area (Å²) in [4.78, 5) is 10.7. The number of sulfonamides is 1. The van der Waals surface area contributed by atoms with Crippen molar-refractivity contribution in [2.45, 2.75) is 44.6 Å². The van der Waals surface area contributed by atoms with Crippen LogP contribution in [-0.4, -0.2) is 36.9 Å². The lowest BCUT2D eigenvalue weighted by Crippen LogP contribution is -2.36. The van der Waals surface area contributed by atoms with Crippen LogP contribution in [-0.2, 0) is 10.0 Å². The molecule has 7 heteroatoms. The summed E-state index contributed by atoms with van der Waals surface area (Å²) >= 11 is 0. The number of hydrogen-bond donors (Lipinski definition) is 1. The molecule has 1 N–H and O–H groups in total. The van der Waals surface area contributed by atoms with Crippen molar-refractivity contribution in [3.05, 3.63) is 17.6 Å². The Labute approximate surface area is 113 Å². The Kier molecular flexibility index (Phi) is 4.75. The summed E-state index contributed by atoms with van der Waals surface area (Å²) in [6, 6.07) is 0.943. The van der Waals surface area contributed by atoms with Gasteiger partial charge in [-0.15, -0.1) is 0 Å². The van der Waals surface area contributed by atoms with Gasteiger partial charge >= 0.3 is 5.97 Å². The van der Waals surface area contributed by atoms with Crippen LogP contribution < -0.4 is 0 Å². The van der Waals surface area contributed by atoms with Crippen LogP contribution in [0.4, 0.5) is 0 Å². The highest BCUT2D eigenvalue weighted by Gasteiger charge is 2.30. The standard InChI is InChI=1S/C12H19NO5S/c1-5-9(6-2)13(4)19(16,17)11-7-10(12(14)15)18-8(11)3/h7,9H,5-6H2,1-4H3,(H,14,15). The van der Waals surface area contributed by atoms with E-state index in [0.29, 0.717) is 12.8 Å². The minimum absolute atomic E-state index is 0.0840. The quantitative estimate of drug-likeness (QED) is 0.866. The number of aromatic carboxylic acids is 1. The van der Waals surface area contributed by atoms with Crippen molar-refractivity contribution in [3.63, 3.8) is 0 Å². The lowest BCUT2D eigenvalue weighted by atomic mass is 10.2. The predicted octanol–water partition coefficient (Wildman–Crippen LogP) is 2.10. The van der Waals surface area contributed by atoms with E-state index in [9.17, 15) is 13.2 Å². The Morgan fingerprint density at radius 1 is 1.42 bits per heavy atom. The first-order chi connectivity index (χ1) is 8.75. The summed E-state index contributed by atoms with van der Waals surface area (Å²) in [7, 11) is -2.23. The zero-order chi connectivity index (χ0) is 14.8. The molecule has 0 fully saturated rings. The largest absolute Gasteiger partial charge is 0.475 e. The molecule has 0 bridgehead atoms. The van der Waals surface area contributed by atoms with E-state index >= 15 is 0 Å². The van der Waals surface area contributed by atoms with E-state index in [4.69, 9.17) is 9.52 Å². The van der Waals surface area contributed by atoms with Gasteiger partial charge in [-0.1, -0.05) is 13.8 Å². The third-order valence-electron chi connectivity index (χ3n) is 3.20. The van der Waals surface area contributed by atoms with Gasteiger partial charge in [0.05, 0.1) is 0 Å². The smallest absolute Gasteiger partial charge is 0.371 e. The second-order valence-electron chi connectivity index (χ2n) is 4.33. The van der Waals surface area contributed by atoms with Gasteiger partial charge in [-0.3, -0.25) is 0 Å². The first-order valence-electron chi connectivity index (χ1n) is 6.07. The van der Waals surface area contributed by atoms with Gasteiger partial charge in [0, 0.05) is 19.2 Å². The minimum atomic E-state index is -3.73. The van der Waals surface area contributed by atoms with E-state index in [-0.39, 0.29) is 22.5 Å². The Hall–Kier alpha value is -1.34. The van der Waals surface area contributed by atoms with Crippen LogP contribution >= 0.6 is 0 Å².